The van der Waals surface area contributed by atoms with Gasteiger partial charge in [0.1, 0.15) is 11.9 Å². The average Bonchev–Trinajstić information content (AvgIpc) is 3.15. The van der Waals surface area contributed by atoms with E-state index in [9.17, 15) is 0 Å². The van der Waals surface area contributed by atoms with Gasteiger partial charge in [-0.05, 0) is 32.2 Å². The summed E-state index contributed by atoms with van der Waals surface area (Å²) in [5.41, 5.74) is 0. The normalized spacial score (nSPS) is 25.4. The molecule has 0 spiro atoms. The molecule has 2 fully saturated rings. The third kappa shape index (κ3) is 2.32. The third-order valence-electron chi connectivity index (χ3n) is 3.13. The monoisotopic (exact) mass is 219 g/mol. The Balaban J connectivity index is 1.66. The van der Waals surface area contributed by atoms with E-state index < -0.39 is 0 Å². The fourth-order valence-electron chi connectivity index (χ4n) is 2.05. The van der Waals surface area contributed by atoms with Crippen molar-refractivity contribution in [3.63, 3.8) is 0 Å². The summed E-state index contributed by atoms with van der Waals surface area (Å²) in [5.74, 6) is 2.29. The fourth-order valence-corrected chi connectivity index (χ4v) is 2.05. The van der Waals surface area contributed by atoms with Gasteiger partial charge in [0.05, 0.1) is 0 Å². The van der Waals surface area contributed by atoms with Crippen molar-refractivity contribution in [3.05, 3.63) is 18.1 Å². The van der Waals surface area contributed by atoms with Crippen molar-refractivity contribution in [3.8, 4) is 5.88 Å². The smallest absolute Gasteiger partial charge is 0.216 e. The summed E-state index contributed by atoms with van der Waals surface area (Å²) in [5, 5.41) is 3.34. The lowest BCUT2D eigenvalue weighted by Crippen LogP contribution is -2.37. The number of ether oxygens (including phenoxy) is 1. The number of hydrogen-bond donors (Lipinski definition) is 1. The van der Waals surface area contributed by atoms with Crippen molar-refractivity contribution in [2.45, 2.75) is 37.7 Å². The van der Waals surface area contributed by atoms with Crippen LogP contribution in [0.5, 0.6) is 5.88 Å². The third-order valence-corrected chi connectivity index (χ3v) is 3.13. The Labute approximate surface area is 95.4 Å². The quantitative estimate of drug-likeness (QED) is 0.836. The van der Waals surface area contributed by atoms with Crippen LogP contribution in [0.25, 0.3) is 0 Å². The Morgan fingerprint density at radius 1 is 1.31 bits per heavy atom. The molecule has 1 aliphatic carbocycles. The number of nitrogens with one attached hydrogen (secondary N) is 1. The van der Waals surface area contributed by atoms with Gasteiger partial charge < -0.3 is 10.1 Å². The summed E-state index contributed by atoms with van der Waals surface area (Å²) < 4.78 is 5.86. The minimum Gasteiger partial charge on any atom is -0.473 e. The maximum absolute atomic E-state index is 5.86. The average molecular weight is 219 g/mol. The minimum atomic E-state index is 0.274. The van der Waals surface area contributed by atoms with Gasteiger partial charge in [-0.1, -0.05) is 0 Å². The van der Waals surface area contributed by atoms with E-state index in [0.29, 0.717) is 5.92 Å². The minimum absolute atomic E-state index is 0.274. The highest BCUT2D eigenvalue weighted by Gasteiger charge is 2.27. The van der Waals surface area contributed by atoms with Gasteiger partial charge in [0, 0.05) is 24.7 Å². The predicted molar refractivity (Wildman–Crippen MR) is 60.5 cm³/mol. The highest BCUT2D eigenvalue weighted by molar-refractivity contribution is 5.14. The molecule has 16 heavy (non-hydrogen) atoms. The molecular formula is C12H17N3O. The fraction of sp³-hybridized carbons (Fsp3) is 0.667. The van der Waals surface area contributed by atoms with E-state index in [-0.39, 0.29) is 6.10 Å². The van der Waals surface area contributed by atoms with Gasteiger partial charge in [0.2, 0.25) is 5.88 Å². The Kier molecular flexibility index (Phi) is 2.74. The van der Waals surface area contributed by atoms with Crippen molar-refractivity contribution < 1.29 is 4.74 Å². The second-order valence-electron chi connectivity index (χ2n) is 4.61. The molecule has 1 saturated carbocycles. The second kappa shape index (κ2) is 4.37. The molecule has 86 valence electrons. The molecule has 1 saturated heterocycles. The molecule has 0 aromatic carbocycles. The molecule has 1 N–H and O–H groups in total. The van der Waals surface area contributed by atoms with Gasteiger partial charge >= 0.3 is 0 Å². The van der Waals surface area contributed by atoms with Crippen LogP contribution >= 0.6 is 0 Å². The number of hydrogen-bond acceptors (Lipinski definition) is 4. The molecule has 2 aliphatic rings. The molecule has 3 rings (SSSR count). The zero-order valence-electron chi connectivity index (χ0n) is 9.35. The number of rotatable bonds is 3. The highest BCUT2D eigenvalue weighted by atomic mass is 16.5. The molecule has 1 atom stereocenters. The van der Waals surface area contributed by atoms with Crippen LogP contribution in [0.3, 0.4) is 0 Å². The number of piperidine rings is 1. The molecular weight excluding hydrogens is 202 g/mol. The summed E-state index contributed by atoms with van der Waals surface area (Å²) >= 11 is 0. The van der Waals surface area contributed by atoms with E-state index in [1.165, 1.54) is 19.3 Å². The summed E-state index contributed by atoms with van der Waals surface area (Å²) in [4.78, 5) is 8.76. The van der Waals surface area contributed by atoms with E-state index in [2.05, 4.69) is 15.3 Å². The van der Waals surface area contributed by atoms with Crippen LogP contribution in [0.2, 0.25) is 0 Å². The van der Waals surface area contributed by atoms with Gasteiger partial charge in [-0.15, -0.1) is 0 Å². The molecule has 0 bridgehead atoms. The van der Waals surface area contributed by atoms with Gasteiger partial charge in [-0.2, -0.15) is 4.98 Å². The first-order valence-electron chi connectivity index (χ1n) is 6.12. The molecule has 1 aromatic heterocycles. The lowest BCUT2D eigenvalue weighted by Gasteiger charge is -2.23. The van der Waals surface area contributed by atoms with Crippen LogP contribution in [-0.2, 0) is 0 Å². The lowest BCUT2D eigenvalue weighted by molar-refractivity contribution is 0.160. The molecule has 1 unspecified atom stereocenters. The molecule has 1 aromatic rings. The largest absolute Gasteiger partial charge is 0.473 e. The maximum Gasteiger partial charge on any atom is 0.216 e. The number of nitrogens with zero attached hydrogens (tertiary/aromatic N) is 2. The second-order valence-corrected chi connectivity index (χ2v) is 4.61. The summed E-state index contributed by atoms with van der Waals surface area (Å²) in [6.45, 7) is 2.04. The van der Waals surface area contributed by atoms with Crippen molar-refractivity contribution in [1.29, 1.82) is 0 Å². The van der Waals surface area contributed by atoms with E-state index in [1.807, 2.05) is 12.3 Å². The van der Waals surface area contributed by atoms with E-state index in [4.69, 9.17) is 4.74 Å². The Hall–Kier alpha value is -1.16. The molecule has 0 amide bonds. The molecule has 4 heteroatoms. The Bertz CT molecular complexity index is 359. The van der Waals surface area contributed by atoms with Crippen LogP contribution in [0.15, 0.2) is 12.3 Å². The summed E-state index contributed by atoms with van der Waals surface area (Å²) in [6, 6.07) is 1.86. The van der Waals surface area contributed by atoms with Crippen molar-refractivity contribution in [2.75, 3.05) is 13.1 Å². The number of aromatic nitrogens is 2. The lowest BCUT2D eigenvalue weighted by atomic mass is 10.1. The zero-order chi connectivity index (χ0) is 10.8. The first-order chi connectivity index (χ1) is 7.92. The van der Waals surface area contributed by atoms with E-state index in [0.717, 1.165) is 31.2 Å². The summed E-state index contributed by atoms with van der Waals surface area (Å²) in [7, 11) is 0. The Morgan fingerprint density at radius 2 is 2.25 bits per heavy atom. The van der Waals surface area contributed by atoms with Crippen molar-refractivity contribution in [2.24, 2.45) is 0 Å². The topological polar surface area (TPSA) is 47.0 Å². The van der Waals surface area contributed by atoms with Gasteiger partial charge in [0.25, 0.3) is 0 Å². The molecule has 2 heterocycles. The molecule has 1 aliphatic heterocycles. The zero-order valence-corrected chi connectivity index (χ0v) is 9.35. The SMILES string of the molecule is c1cc(OC2CCCNC2)nc(C2CC2)n1. The van der Waals surface area contributed by atoms with Gasteiger partial charge in [-0.3, -0.25) is 0 Å². The van der Waals surface area contributed by atoms with Gasteiger partial charge in [0.15, 0.2) is 0 Å². The van der Waals surface area contributed by atoms with Crippen LogP contribution in [0.4, 0.5) is 0 Å². The van der Waals surface area contributed by atoms with Crippen molar-refractivity contribution in [1.82, 2.24) is 15.3 Å². The van der Waals surface area contributed by atoms with Gasteiger partial charge in [-0.25, -0.2) is 4.98 Å². The van der Waals surface area contributed by atoms with Crippen LogP contribution < -0.4 is 10.1 Å². The van der Waals surface area contributed by atoms with Crippen molar-refractivity contribution >= 4 is 0 Å². The highest BCUT2D eigenvalue weighted by Crippen LogP contribution is 2.38. The van der Waals surface area contributed by atoms with E-state index >= 15 is 0 Å². The van der Waals surface area contributed by atoms with Crippen LogP contribution in [0.1, 0.15) is 37.4 Å². The maximum atomic E-state index is 5.86. The van der Waals surface area contributed by atoms with Crippen LogP contribution in [0, 0.1) is 0 Å². The first-order valence-corrected chi connectivity index (χ1v) is 6.12. The Morgan fingerprint density at radius 3 is 3.00 bits per heavy atom. The first kappa shape index (κ1) is 10.0. The molecule has 4 nitrogen and oxygen atoms in total. The molecule has 0 radical (unpaired) electrons. The van der Waals surface area contributed by atoms with E-state index in [1.54, 1.807) is 0 Å². The summed E-state index contributed by atoms with van der Waals surface area (Å²) in [6.07, 6.45) is 6.85. The standard InChI is InChI=1S/C12H17N3O/c1-2-10(8-13-6-1)16-11-5-7-14-12(15-11)9-3-4-9/h5,7,9-10,13H,1-4,6,8H2. The van der Waals surface area contributed by atoms with Crippen LogP contribution in [-0.4, -0.2) is 29.2 Å². The predicted octanol–water partition coefficient (Wildman–Crippen LogP) is 1.48.